The molecule has 2 nitrogen and oxygen atoms in total. The van der Waals surface area contributed by atoms with E-state index in [1.54, 1.807) is 30.8 Å². The maximum atomic E-state index is 9.39. The van der Waals surface area contributed by atoms with Gasteiger partial charge < -0.3 is 5.11 Å². The van der Waals surface area contributed by atoms with Crippen LogP contribution in [-0.4, -0.2) is 16.5 Å². The number of aliphatic hydroxyl groups is 1. The molecule has 0 radical (unpaired) electrons. The lowest BCUT2D eigenvalue weighted by Gasteiger charge is -2.14. The monoisotopic (exact) mass is 285 g/mol. The first-order valence-corrected chi connectivity index (χ1v) is 6.26. The van der Waals surface area contributed by atoms with Crippen LogP contribution < -0.4 is 0 Å². The molecule has 0 aliphatic heterocycles. The number of hydrogen-bond acceptors (Lipinski definition) is 3. The normalized spacial score (nSPS) is 14.3. The van der Waals surface area contributed by atoms with E-state index < -0.39 is 0 Å². The van der Waals surface area contributed by atoms with Gasteiger partial charge in [-0.2, -0.15) is 5.26 Å². The average Bonchev–Trinajstić information content (AvgIpc) is 2.20. The van der Waals surface area contributed by atoms with E-state index in [2.05, 4.69) is 22.0 Å². The van der Waals surface area contributed by atoms with Gasteiger partial charge in [0, 0.05) is 14.6 Å². The Morgan fingerprint density at radius 1 is 1.47 bits per heavy atom. The summed E-state index contributed by atoms with van der Waals surface area (Å²) in [6, 6.07) is 7.55. The number of halogens is 1. The fourth-order valence-electron chi connectivity index (χ4n) is 0.965. The zero-order valence-corrected chi connectivity index (χ0v) is 11.0. The van der Waals surface area contributed by atoms with Crippen molar-refractivity contribution in [2.45, 2.75) is 30.1 Å². The van der Waals surface area contributed by atoms with Crippen molar-refractivity contribution in [3.63, 3.8) is 0 Å². The number of aliphatic hydroxyl groups excluding tert-OH is 1. The Labute approximate surface area is 102 Å². The molecule has 2 atom stereocenters. The average molecular weight is 286 g/mol. The lowest BCUT2D eigenvalue weighted by molar-refractivity contribution is 0.196. The third kappa shape index (κ3) is 3.53. The molecule has 15 heavy (non-hydrogen) atoms. The third-order valence-corrected chi connectivity index (χ3v) is 4.35. The lowest BCUT2D eigenvalue weighted by Crippen LogP contribution is -2.14. The minimum atomic E-state index is -0.349. The Hall–Kier alpha value is -0.500. The summed E-state index contributed by atoms with van der Waals surface area (Å²) < 4.78 is 0.902. The number of nitriles is 1. The van der Waals surface area contributed by atoms with Crippen LogP contribution in [0.4, 0.5) is 0 Å². The van der Waals surface area contributed by atoms with Gasteiger partial charge in [-0.05, 0) is 41.1 Å². The molecule has 1 aromatic carbocycles. The highest BCUT2D eigenvalue weighted by atomic mass is 79.9. The fourth-order valence-corrected chi connectivity index (χ4v) is 2.54. The molecule has 0 saturated carbocycles. The molecule has 0 amide bonds. The van der Waals surface area contributed by atoms with Gasteiger partial charge >= 0.3 is 0 Å². The summed E-state index contributed by atoms with van der Waals surface area (Å²) in [6.45, 7) is 3.75. The zero-order valence-electron chi connectivity index (χ0n) is 8.57. The first kappa shape index (κ1) is 12.6. The number of rotatable bonds is 3. The Bertz CT molecular complexity index is 387. The topological polar surface area (TPSA) is 44.0 Å². The summed E-state index contributed by atoms with van der Waals surface area (Å²) in [4.78, 5) is 1.04. The van der Waals surface area contributed by atoms with E-state index in [1.807, 2.05) is 13.0 Å². The first-order valence-electron chi connectivity index (χ1n) is 4.59. The van der Waals surface area contributed by atoms with Gasteiger partial charge in [0.1, 0.15) is 0 Å². The quantitative estimate of drug-likeness (QED) is 0.868. The first-order chi connectivity index (χ1) is 7.04. The van der Waals surface area contributed by atoms with Crippen molar-refractivity contribution < 1.29 is 5.11 Å². The van der Waals surface area contributed by atoms with E-state index in [1.165, 1.54) is 0 Å². The van der Waals surface area contributed by atoms with Gasteiger partial charge in [0.2, 0.25) is 0 Å². The Balaban J connectivity index is 2.84. The standard InChI is InChI=1S/C11H12BrNOS/c1-7(14)8(2)15-11-4-3-9(6-13)5-10(11)12/h3-5,7-8,14H,1-2H3. The highest BCUT2D eigenvalue weighted by Gasteiger charge is 2.12. The molecule has 0 fully saturated rings. The summed E-state index contributed by atoms with van der Waals surface area (Å²) in [6.07, 6.45) is -0.349. The van der Waals surface area contributed by atoms with Crippen LogP contribution >= 0.6 is 27.7 Å². The molecular formula is C11H12BrNOS. The Morgan fingerprint density at radius 3 is 2.60 bits per heavy atom. The van der Waals surface area contributed by atoms with Crippen molar-refractivity contribution >= 4 is 27.7 Å². The molecule has 0 aliphatic rings. The van der Waals surface area contributed by atoms with Gasteiger partial charge in [-0.1, -0.05) is 6.92 Å². The van der Waals surface area contributed by atoms with Crippen LogP contribution in [0, 0.1) is 11.3 Å². The second-order valence-corrected chi connectivity index (χ2v) is 5.59. The highest BCUT2D eigenvalue weighted by molar-refractivity contribution is 9.10. The smallest absolute Gasteiger partial charge is 0.0992 e. The van der Waals surface area contributed by atoms with Gasteiger partial charge in [0.15, 0.2) is 0 Å². The fraction of sp³-hybridized carbons (Fsp3) is 0.364. The summed E-state index contributed by atoms with van der Waals surface area (Å²) in [5, 5.41) is 18.2. The molecule has 1 aromatic rings. The second kappa shape index (κ2) is 5.55. The molecule has 2 unspecified atom stereocenters. The van der Waals surface area contributed by atoms with Crippen LogP contribution in [0.2, 0.25) is 0 Å². The van der Waals surface area contributed by atoms with Crippen LogP contribution in [0.1, 0.15) is 19.4 Å². The van der Waals surface area contributed by atoms with E-state index >= 15 is 0 Å². The third-order valence-electron chi connectivity index (χ3n) is 2.05. The Kier molecular flexibility index (Phi) is 4.65. The molecule has 0 saturated heterocycles. The van der Waals surface area contributed by atoms with Crippen LogP contribution in [0.25, 0.3) is 0 Å². The molecule has 4 heteroatoms. The molecule has 0 spiro atoms. The molecule has 0 aliphatic carbocycles. The number of benzene rings is 1. The minimum Gasteiger partial charge on any atom is -0.392 e. The molecule has 1 rings (SSSR count). The molecule has 0 bridgehead atoms. The molecule has 0 heterocycles. The van der Waals surface area contributed by atoms with Crippen LogP contribution in [-0.2, 0) is 0 Å². The second-order valence-electron chi connectivity index (χ2n) is 3.32. The lowest BCUT2D eigenvalue weighted by atomic mass is 10.2. The van der Waals surface area contributed by atoms with Crippen LogP contribution in [0.5, 0.6) is 0 Å². The number of nitrogens with zero attached hydrogens (tertiary/aromatic N) is 1. The van der Waals surface area contributed by atoms with Crippen molar-refractivity contribution in [3.8, 4) is 6.07 Å². The van der Waals surface area contributed by atoms with Gasteiger partial charge in [0.05, 0.1) is 17.7 Å². The van der Waals surface area contributed by atoms with Gasteiger partial charge in [-0.15, -0.1) is 11.8 Å². The summed E-state index contributed by atoms with van der Waals surface area (Å²) in [5.41, 5.74) is 0.635. The van der Waals surface area contributed by atoms with E-state index in [0.717, 1.165) is 9.37 Å². The van der Waals surface area contributed by atoms with E-state index in [0.29, 0.717) is 5.56 Å². The molecule has 80 valence electrons. The maximum Gasteiger partial charge on any atom is 0.0992 e. The van der Waals surface area contributed by atoms with Crippen molar-refractivity contribution in [3.05, 3.63) is 28.2 Å². The SMILES string of the molecule is CC(O)C(C)Sc1ccc(C#N)cc1Br. The highest BCUT2D eigenvalue weighted by Crippen LogP contribution is 2.32. The van der Waals surface area contributed by atoms with E-state index in [9.17, 15) is 5.11 Å². The van der Waals surface area contributed by atoms with E-state index in [4.69, 9.17) is 5.26 Å². The van der Waals surface area contributed by atoms with E-state index in [-0.39, 0.29) is 11.4 Å². The van der Waals surface area contributed by atoms with Crippen molar-refractivity contribution in [1.82, 2.24) is 0 Å². The predicted molar refractivity (Wildman–Crippen MR) is 65.9 cm³/mol. The van der Waals surface area contributed by atoms with Crippen molar-refractivity contribution in [1.29, 1.82) is 5.26 Å². The predicted octanol–water partition coefficient (Wildman–Crippen LogP) is 3.18. The van der Waals surface area contributed by atoms with Gasteiger partial charge in [-0.25, -0.2) is 0 Å². The summed E-state index contributed by atoms with van der Waals surface area (Å²) >= 11 is 5.00. The van der Waals surface area contributed by atoms with Crippen molar-refractivity contribution in [2.75, 3.05) is 0 Å². The van der Waals surface area contributed by atoms with Gasteiger partial charge in [-0.3, -0.25) is 0 Å². The molecule has 1 N–H and O–H groups in total. The van der Waals surface area contributed by atoms with Crippen LogP contribution in [0.3, 0.4) is 0 Å². The molecular weight excluding hydrogens is 274 g/mol. The van der Waals surface area contributed by atoms with Crippen molar-refractivity contribution in [2.24, 2.45) is 0 Å². The minimum absolute atomic E-state index is 0.134. The number of hydrogen-bond donors (Lipinski definition) is 1. The largest absolute Gasteiger partial charge is 0.392 e. The molecule has 0 aromatic heterocycles. The van der Waals surface area contributed by atoms with Gasteiger partial charge in [0.25, 0.3) is 0 Å². The van der Waals surface area contributed by atoms with Crippen LogP contribution in [0.15, 0.2) is 27.6 Å². The number of thioether (sulfide) groups is 1. The summed E-state index contributed by atoms with van der Waals surface area (Å²) in [7, 11) is 0. The summed E-state index contributed by atoms with van der Waals surface area (Å²) in [5.74, 6) is 0. The maximum absolute atomic E-state index is 9.39. The zero-order chi connectivity index (χ0) is 11.4. The Morgan fingerprint density at radius 2 is 2.13 bits per heavy atom.